The second kappa shape index (κ2) is 6.18. The Morgan fingerprint density at radius 2 is 2.25 bits per heavy atom. The third-order valence-electron chi connectivity index (χ3n) is 3.89. The molecule has 0 radical (unpaired) electrons. The summed E-state index contributed by atoms with van der Waals surface area (Å²) < 4.78 is 19.3. The molecular weight excluding hydrogens is 327 g/mol. The molecule has 0 spiro atoms. The number of pyridine rings is 1. The quantitative estimate of drug-likeness (QED) is 0.765. The van der Waals surface area contributed by atoms with E-state index in [-0.39, 0.29) is 12.2 Å². The Morgan fingerprint density at radius 3 is 2.96 bits per heavy atom. The molecular formula is C17H15FN4OS. The zero-order valence-electron chi connectivity index (χ0n) is 12.9. The van der Waals surface area contributed by atoms with Crippen molar-refractivity contribution < 1.29 is 8.81 Å². The van der Waals surface area contributed by atoms with E-state index < -0.39 is 5.82 Å². The van der Waals surface area contributed by atoms with Crippen LogP contribution in [0.3, 0.4) is 0 Å². The van der Waals surface area contributed by atoms with Crippen LogP contribution in [0.5, 0.6) is 0 Å². The normalized spacial score (nSPS) is 20.0. The van der Waals surface area contributed by atoms with Gasteiger partial charge in [-0.25, -0.2) is 9.37 Å². The lowest BCUT2D eigenvalue weighted by Gasteiger charge is -2.22. The molecule has 122 valence electrons. The van der Waals surface area contributed by atoms with Crippen molar-refractivity contribution in [2.45, 2.75) is 12.2 Å². The third-order valence-corrected chi connectivity index (χ3v) is 4.83. The lowest BCUT2D eigenvalue weighted by Crippen LogP contribution is -2.38. The van der Waals surface area contributed by atoms with Crippen LogP contribution >= 0.6 is 11.3 Å². The Kier molecular flexibility index (Phi) is 3.87. The summed E-state index contributed by atoms with van der Waals surface area (Å²) in [7, 11) is 1.86. The van der Waals surface area contributed by atoms with Crippen LogP contribution in [0.1, 0.15) is 22.2 Å². The Hall–Kier alpha value is -2.51. The van der Waals surface area contributed by atoms with Gasteiger partial charge < -0.3 is 9.73 Å². The molecule has 0 saturated heterocycles. The molecule has 3 aromatic heterocycles. The van der Waals surface area contributed by atoms with Crippen molar-refractivity contribution in [2.24, 2.45) is 4.99 Å². The molecule has 0 aromatic carbocycles. The van der Waals surface area contributed by atoms with Gasteiger partial charge in [0.1, 0.15) is 29.6 Å². The number of hydrogen-bond acceptors (Lipinski definition) is 6. The fourth-order valence-corrected chi connectivity index (χ4v) is 3.57. The minimum atomic E-state index is -0.412. The van der Waals surface area contributed by atoms with Crippen molar-refractivity contribution in [3.63, 3.8) is 0 Å². The zero-order chi connectivity index (χ0) is 16.5. The van der Waals surface area contributed by atoms with E-state index in [1.54, 1.807) is 23.7 Å². The van der Waals surface area contributed by atoms with Gasteiger partial charge in [-0.3, -0.25) is 10.3 Å². The van der Waals surface area contributed by atoms with Crippen LogP contribution in [0, 0.1) is 5.82 Å². The first kappa shape index (κ1) is 15.0. The summed E-state index contributed by atoms with van der Waals surface area (Å²) in [6.07, 6.45) is 2.61. The van der Waals surface area contributed by atoms with Crippen molar-refractivity contribution in [1.29, 1.82) is 0 Å². The molecule has 4 heterocycles. The van der Waals surface area contributed by atoms with Crippen molar-refractivity contribution in [2.75, 3.05) is 12.4 Å². The number of furan rings is 1. The van der Waals surface area contributed by atoms with E-state index in [4.69, 9.17) is 9.41 Å². The molecule has 7 heteroatoms. The van der Waals surface area contributed by atoms with Gasteiger partial charge in [0.2, 0.25) is 0 Å². The summed E-state index contributed by atoms with van der Waals surface area (Å²) in [4.78, 5) is 10.2. The highest BCUT2D eigenvalue weighted by molar-refractivity contribution is 7.10. The predicted molar refractivity (Wildman–Crippen MR) is 92.1 cm³/mol. The number of nitrogens with one attached hydrogen (secondary N) is 2. The number of halogens is 1. The molecule has 2 unspecified atom stereocenters. The minimum Gasteiger partial charge on any atom is -0.463 e. The SMILES string of the molecule is CNC1Nc2ncc(F)cc2C(c2ccco2)=NC1c1cccs1. The minimum absolute atomic E-state index is 0.173. The summed E-state index contributed by atoms with van der Waals surface area (Å²) in [5, 5.41) is 8.57. The average Bonchev–Trinajstić information content (AvgIpc) is 3.27. The summed E-state index contributed by atoms with van der Waals surface area (Å²) in [5.41, 5.74) is 1.18. The maximum Gasteiger partial charge on any atom is 0.152 e. The maximum atomic E-state index is 13.8. The Balaban J connectivity index is 1.92. The monoisotopic (exact) mass is 342 g/mol. The van der Waals surface area contributed by atoms with E-state index in [9.17, 15) is 4.39 Å². The highest BCUT2D eigenvalue weighted by atomic mass is 32.1. The summed E-state index contributed by atoms with van der Waals surface area (Å²) in [6.45, 7) is 0. The molecule has 24 heavy (non-hydrogen) atoms. The second-order valence-corrected chi connectivity index (χ2v) is 6.35. The lowest BCUT2D eigenvalue weighted by molar-refractivity contribution is 0.524. The number of rotatable bonds is 3. The van der Waals surface area contributed by atoms with Gasteiger partial charge >= 0.3 is 0 Å². The van der Waals surface area contributed by atoms with Crippen LogP contribution in [0.2, 0.25) is 0 Å². The Morgan fingerprint density at radius 1 is 1.33 bits per heavy atom. The highest BCUT2D eigenvalue weighted by Gasteiger charge is 2.30. The zero-order valence-corrected chi connectivity index (χ0v) is 13.7. The van der Waals surface area contributed by atoms with Crippen molar-refractivity contribution in [3.8, 4) is 0 Å². The first-order valence-corrected chi connectivity index (χ1v) is 8.39. The Labute approximate surface area is 142 Å². The average molecular weight is 342 g/mol. The van der Waals surface area contributed by atoms with Gasteiger partial charge in [0.15, 0.2) is 5.76 Å². The molecule has 5 nitrogen and oxygen atoms in total. The lowest BCUT2D eigenvalue weighted by atomic mass is 10.1. The van der Waals surface area contributed by atoms with Gasteiger partial charge in [0.25, 0.3) is 0 Å². The van der Waals surface area contributed by atoms with Crippen LogP contribution in [0.25, 0.3) is 0 Å². The number of likely N-dealkylation sites (N-methyl/N-ethyl adjacent to an activating group) is 1. The van der Waals surface area contributed by atoms with E-state index in [1.165, 1.54) is 12.3 Å². The molecule has 0 fully saturated rings. The van der Waals surface area contributed by atoms with Gasteiger partial charge in [-0.2, -0.15) is 0 Å². The number of fused-ring (bicyclic) bond motifs is 1. The van der Waals surface area contributed by atoms with Crippen LogP contribution < -0.4 is 10.6 Å². The van der Waals surface area contributed by atoms with E-state index in [2.05, 4.69) is 15.6 Å². The molecule has 0 bridgehead atoms. The van der Waals surface area contributed by atoms with E-state index in [0.717, 1.165) is 4.88 Å². The first-order valence-electron chi connectivity index (χ1n) is 7.51. The topological polar surface area (TPSA) is 62.5 Å². The first-order chi connectivity index (χ1) is 11.8. The molecule has 1 aliphatic rings. The standard InChI is InChI=1S/C17H15FN4OS/c1-19-17-15(13-5-3-7-24-13)21-14(12-4-2-6-23-12)11-8-10(18)9-20-16(11)22-17/h2-9,15,17,19H,1H3,(H,20,22). The molecule has 2 N–H and O–H groups in total. The molecule has 4 rings (SSSR count). The largest absolute Gasteiger partial charge is 0.463 e. The summed E-state index contributed by atoms with van der Waals surface area (Å²) in [6, 6.07) is 8.88. The Bertz CT molecular complexity index is 861. The maximum absolute atomic E-state index is 13.8. The number of nitrogens with zero attached hydrogens (tertiary/aromatic N) is 2. The third kappa shape index (κ3) is 2.61. The number of hydrogen-bond donors (Lipinski definition) is 2. The van der Waals surface area contributed by atoms with Crippen LogP contribution in [0.4, 0.5) is 10.2 Å². The molecule has 0 saturated carbocycles. The summed E-state index contributed by atoms with van der Waals surface area (Å²) >= 11 is 1.63. The van der Waals surface area contributed by atoms with Crippen LogP contribution in [0.15, 0.2) is 57.6 Å². The van der Waals surface area contributed by atoms with Gasteiger partial charge in [-0.05, 0) is 36.7 Å². The number of aliphatic imine (C=N–C) groups is 1. The fraction of sp³-hybridized carbons (Fsp3) is 0.176. The van der Waals surface area contributed by atoms with E-state index in [1.807, 2.05) is 30.6 Å². The van der Waals surface area contributed by atoms with Crippen molar-refractivity contribution >= 4 is 22.9 Å². The number of thiophene rings is 1. The van der Waals surface area contributed by atoms with E-state index in [0.29, 0.717) is 22.9 Å². The van der Waals surface area contributed by atoms with Crippen LogP contribution in [-0.2, 0) is 0 Å². The molecule has 2 atom stereocenters. The summed E-state index contributed by atoms with van der Waals surface area (Å²) in [5.74, 6) is 0.749. The van der Waals surface area contributed by atoms with E-state index >= 15 is 0 Å². The van der Waals surface area contributed by atoms with Gasteiger partial charge in [0, 0.05) is 10.4 Å². The molecule has 3 aromatic rings. The van der Waals surface area contributed by atoms with Crippen LogP contribution in [-0.4, -0.2) is 23.9 Å². The van der Waals surface area contributed by atoms with Crippen molar-refractivity contribution in [3.05, 3.63) is 70.2 Å². The second-order valence-electron chi connectivity index (χ2n) is 5.38. The van der Waals surface area contributed by atoms with Gasteiger partial charge in [0.05, 0.1) is 12.5 Å². The predicted octanol–water partition coefficient (Wildman–Crippen LogP) is 3.42. The molecule has 0 amide bonds. The smallest absolute Gasteiger partial charge is 0.152 e. The molecule has 1 aliphatic heterocycles. The number of aromatic nitrogens is 1. The number of anilines is 1. The highest BCUT2D eigenvalue weighted by Crippen LogP contribution is 2.33. The van der Waals surface area contributed by atoms with Crippen molar-refractivity contribution in [1.82, 2.24) is 10.3 Å². The molecule has 0 aliphatic carbocycles. The van der Waals surface area contributed by atoms with Gasteiger partial charge in [-0.15, -0.1) is 11.3 Å². The van der Waals surface area contributed by atoms with Gasteiger partial charge in [-0.1, -0.05) is 6.07 Å². The fourth-order valence-electron chi connectivity index (χ4n) is 2.77.